The molecule has 86 valence electrons. The van der Waals surface area contributed by atoms with Gasteiger partial charge in [-0.1, -0.05) is 0 Å². The van der Waals surface area contributed by atoms with Crippen LogP contribution in [0.15, 0.2) is 22.6 Å². The second-order valence-corrected chi connectivity index (χ2v) is 3.89. The fraction of sp³-hybridized carbons (Fsp3) is 0.333. The number of nitrogens with zero attached hydrogens (tertiary/aromatic N) is 3. The molecular formula is C12H11N3O2. The summed E-state index contributed by atoms with van der Waals surface area (Å²) in [7, 11) is 0. The van der Waals surface area contributed by atoms with E-state index in [1.165, 1.54) is 0 Å². The summed E-state index contributed by atoms with van der Waals surface area (Å²) in [5.41, 5.74) is 2.04. The van der Waals surface area contributed by atoms with Gasteiger partial charge in [0.05, 0.1) is 24.8 Å². The van der Waals surface area contributed by atoms with Crippen molar-refractivity contribution in [3.05, 3.63) is 23.8 Å². The first kappa shape index (κ1) is 10.1. The average molecular weight is 229 g/mol. The fourth-order valence-electron chi connectivity index (χ4n) is 1.87. The van der Waals surface area contributed by atoms with Gasteiger partial charge in [-0.3, -0.25) is 0 Å². The van der Waals surface area contributed by atoms with Gasteiger partial charge < -0.3 is 14.1 Å². The van der Waals surface area contributed by atoms with Crippen LogP contribution in [0.25, 0.3) is 11.1 Å². The molecule has 3 rings (SSSR count). The Morgan fingerprint density at radius 1 is 1.29 bits per heavy atom. The molecule has 0 unspecified atom stereocenters. The lowest BCUT2D eigenvalue weighted by molar-refractivity contribution is 0.120. The van der Waals surface area contributed by atoms with Crippen LogP contribution in [0.3, 0.4) is 0 Å². The Hall–Kier alpha value is -2.06. The summed E-state index contributed by atoms with van der Waals surface area (Å²) in [4.78, 5) is 6.45. The molecule has 5 heteroatoms. The summed E-state index contributed by atoms with van der Waals surface area (Å²) in [6.45, 7) is 2.97. The molecule has 0 aliphatic carbocycles. The largest absolute Gasteiger partial charge is 0.423 e. The van der Waals surface area contributed by atoms with Gasteiger partial charge in [0.25, 0.3) is 6.01 Å². The maximum Gasteiger partial charge on any atom is 0.298 e. The molecule has 2 heterocycles. The molecule has 1 aromatic carbocycles. The number of nitriles is 1. The molecule has 0 N–H and O–H groups in total. The number of hydrogen-bond donors (Lipinski definition) is 0. The maximum absolute atomic E-state index is 8.82. The van der Waals surface area contributed by atoms with Crippen LogP contribution in [-0.2, 0) is 4.74 Å². The molecule has 1 saturated heterocycles. The first-order chi connectivity index (χ1) is 8.36. The molecule has 0 saturated carbocycles. The highest BCUT2D eigenvalue weighted by Gasteiger charge is 2.16. The molecule has 1 aliphatic heterocycles. The lowest BCUT2D eigenvalue weighted by Crippen LogP contribution is -2.36. The van der Waals surface area contributed by atoms with Crippen LogP contribution in [0.4, 0.5) is 6.01 Å². The monoisotopic (exact) mass is 229 g/mol. The van der Waals surface area contributed by atoms with E-state index in [9.17, 15) is 0 Å². The Balaban J connectivity index is 1.98. The van der Waals surface area contributed by atoms with Crippen LogP contribution >= 0.6 is 0 Å². The van der Waals surface area contributed by atoms with E-state index in [1.807, 2.05) is 0 Å². The molecule has 2 aromatic rings. The van der Waals surface area contributed by atoms with E-state index in [1.54, 1.807) is 18.2 Å². The zero-order valence-corrected chi connectivity index (χ0v) is 9.22. The van der Waals surface area contributed by atoms with E-state index in [4.69, 9.17) is 14.4 Å². The third-order valence-corrected chi connectivity index (χ3v) is 2.79. The second-order valence-electron chi connectivity index (χ2n) is 3.89. The molecule has 1 aromatic heterocycles. The Labute approximate surface area is 98.2 Å². The number of ether oxygens (including phenoxy) is 1. The average Bonchev–Trinajstić information content (AvgIpc) is 2.82. The summed E-state index contributed by atoms with van der Waals surface area (Å²) >= 11 is 0. The van der Waals surface area contributed by atoms with Crippen molar-refractivity contribution in [2.75, 3.05) is 31.2 Å². The van der Waals surface area contributed by atoms with E-state index in [2.05, 4.69) is 16.0 Å². The van der Waals surface area contributed by atoms with Crippen molar-refractivity contribution in [1.29, 1.82) is 5.26 Å². The number of anilines is 1. The first-order valence-corrected chi connectivity index (χ1v) is 5.50. The standard InChI is InChI=1S/C12H11N3O2/c13-8-9-1-2-11-10(7-9)14-12(17-11)15-3-5-16-6-4-15/h1-2,7H,3-6H2. The Kier molecular flexibility index (Phi) is 2.42. The van der Waals surface area contributed by atoms with Crippen molar-refractivity contribution in [2.45, 2.75) is 0 Å². The van der Waals surface area contributed by atoms with Crippen LogP contribution in [0.1, 0.15) is 5.56 Å². The van der Waals surface area contributed by atoms with Crippen molar-refractivity contribution in [2.24, 2.45) is 0 Å². The zero-order valence-electron chi connectivity index (χ0n) is 9.22. The van der Waals surface area contributed by atoms with Gasteiger partial charge in [0.1, 0.15) is 5.52 Å². The summed E-state index contributed by atoms with van der Waals surface area (Å²) in [6.07, 6.45) is 0. The van der Waals surface area contributed by atoms with E-state index < -0.39 is 0 Å². The highest BCUT2D eigenvalue weighted by molar-refractivity contribution is 5.76. The molecule has 0 atom stereocenters. The van der Waals surface area contributed by atoms with Gasteiger partial charge in [0, 0.05) is 13.1 Å². The molecular weight excluding hydrogens is 218 g/mol. The Morgan fingerprint density at radius 3 is 2.88 bits per heavy atom. The lowest BCUT2D eigenvalue weighted by Gasteiger charge is -2.24. The number of rotatable bonds is 1. The summed E-state index contributed by atoms with van der Waals surface area (Å²) < 4.78 is 10.9. The molecule has 0 bridgehead atoms. The third-order valence-electron chi connectivity index (χ3n) is 2.79. The quantitative estimate of drug-likeness (QED) is 0.742. The van der Waals surface area contributed by atoms with Crippen molar-refractivity contribution in [1.82, 2.24) is 4.98 Å². The van der Waals surface area contributed by atoms with Crippen molar-refractivity contribution < 1.29 is 9.15 Å². The summed E-state index contributed by atoms with van der Waals surface area (Å²) in [6, 6.07) is 7.96. The predicted molar refractivity (Wildman–Crippen MR) is 61.8 cm³/mol. The van der Waals surface area contributed by atoms with Gasteiger partial charge in [-0.25, -0.2) is 0 Å². The molecule has 17 heavy (non-hydrogen) atoms. The van der Waals surface area contributed by atoms with Gasteiger partial charge >= 0.3 is 0 Å². The Morgan fingerprint density at radius 2 is 2.12 bits per heavy atom. The molecule has 5 nitrogen and oxygen atoms in total. The normalized spacial score (nSPS) is 16.1. The van der Waals surface area contributed by atoms with E-state index in [-0.39, 0.29) is 0 Å². The van der Waals surface area contributed by atoms with Crippen molar-refractivity contribution in [3.63, 3.8) is 0 Å². The third kappa shape index (κ3) is 1.83. The summed E-state index contributed by atoms with van der Waals surface area (Å²) in [5.74, 6) is 0. The van der Waals surface area contributed by atoms with E-state index in [0.717, 1.165) is 18.6 Å². The molecule has 1 fully saturated rings. The minimum atomic E-state index is 0.597. The summed E-state index contributed by atoms with van der Waals surface area (Å²) in [5, 5.41) is 8.82. The van der Waals surface area contributed by atoms with Crippen LogP contribution in [0.5, 0.6) is 0 Å². The minimum absolute atomic E-state index is 0.597. The fourth-order valence-corrected chi connectivity index (χ4v) is 1.87. The van der Waals surface area contributed by atoms with Gasteiger partial charge in [0.15, 0.2) is 5.58 Å². The van der Waals surface area contributed by atoms with Gasteiger partial charge in [-0.15, -0.1) is 0 Å². The van der Waals surface area contributed by atoms with Gasteiger partial charge in [0.2, 0.25) is 0 Å². The van der Waals surface area contributed by atoms with Gasteiger partial charge in [-0.05, 0) is 18.2 Å². The van der Waals surface area contributed by atoms with Crippen LogP contribution in [0, 0.1) is 11.3 Å². The van der Waals surface area contributed by atoms with Crippen LogP contribution < -0.4 is 4.90 Å². The highest BCUT2D eigenvalue weighted by Crippen LogP contribution is 2.23. The SMILES string of the molecule is N#Cc1ccc2oc(N3CCOCC3)nc2c1. The number of benzene rings is 1. The molecule has 0 amide bonds. The maximum atomic E-state index is 8.82. The highest BCUT2D eigenvalue weighted by atomic mass is 16.5. The van der Waals surface area contributed by atoms with Gasteiger partial charge in [-0.2, -0.15) is 10.2 Å². The second kappa shape index (κ2) is 4.07. The number of hydrogen-bond acceptors (Lipinski definition) is 5. The number of morpholine rings is 1. The topological polar surface area (TPSA) is 62.3 Å². The Bertz CT molecular complexity index is 579. The minimum Gasteiger partial charge on any atom is -0.423 e. The number of aromatic nitrogens is 1. The number of fused-ring (bicyclic) bond motifs is 1. The van der Waals surface area contributed by atoms with Crippen LogP contribution in [0.2, 0.25) is 0 Å². The molecule has 0 spiro atoms. The van der Waals surface area contributed by atoms with E-state index >= 15 is 0 Å². The first-order valence-electron chi connectivity index (χ1n) is 5.50. The predicted octanol–water partition coefficient (Wildman–Crippen LogP) is 1.54. The smallest absolute Gasteiger partial charge is 0.298 e. The molecule has 0 radical (unpaired) electrons. The zero-order chi connectivity index (χ0) is 11.7. The van der Waals surface area contributed by atoms with Crippen molar-refractivity contribution in [3.8, 4) is 6.07 Å². The number of oxazole rings is 1. The van der Waals surface area contributed by atoms with Crippen LogP contribution in [-0.4, -0.2) is 31.3 Å². The van der Waals surface area contributed by atoms with E-state index in [0.29, 0.717) is 30.4 Å². The van der Waals surface area contributed by atoms with Crippen molar-refractivity contribution >= 4 is 17.1 Å². The lowest BCUT2D eigenvalue weighted by atomic mass is 10.2. The molecule has 1 aliphatic rings.